The predicted octanol–water partition coefficient (Wildman–Crippen LogP) is 4.91. The second-order valence-electron chi connectivity index (χ2n) is 8.92. The number of pyridine rings is 1. The molecular formula is C27H29N5O. The zero-order valence-corrected chi connectivity index (χ0v) is 19.1. The number of hydrogen-bond acceptors (Lipinski definition) is 4. The van der Waals surface area contributed by atoms with Crippen molar-refractivity contribution in [3.05, 3.63) is 95.4 Å². The molecule has 0 radical (unpaired) electrons. The average molecular weight is 440 g/mol. The van der Waals surface area contributed by atoms with E-state index < -0.39 is 0 Å². The van der Waals surface area contributed by atoms with Gasteiger partial charge >= 0.3 is 0 Å². The van der Waals surface area contributed by atoms with Crippen molar-refractivity contribution in [2.24, 2.45) is 0 Å². The second kappa shape index (κ2) is 9.16. The normalized spacial score (nSPS) is 16.1. The van der Waals surface area contributed by atoms with E-state index in [1.54, 1.807) is 0 Å². The summed E-state index contributed by atoms with van der Waals surface area (Å²) < 4.78 is 2.09. The molecule has 1 aliphatic rings. The summed E-state index contributed by atoms with van der Waals surface area (Å²) in [5.41, 5.74) is 4.98. The number of anilines is 1. The number of fused-ring (bicyclic) bond motifs is 1. The van der Waals surface area contributed by atoms with Gasteiger partial charge in [-0.1, -0.05) is 48.5 Å². The highest BCUT2D eigenvalue weighted by molar-refractivity contribution is 5.96. The summed E-state index contributed by atoms with van der Waals surface area (Å²) in [6.45, 7) is 5.72. The van der Waals surface area contributed by atoms with Crippen molar-refractivity contribution in [1.29, 1.82) is 0 Å². The average Bonchev–Trinajstić information content (AvgIpc) is 3.27. The maximum absolute atomic E-state index is 13.6. The molecule has 1 amide bonds. The van der Waals surface area contributed by atoms with E-state index >= 15 is 0 Å². The van der Waals surface area contributed by atoms with E-state index in [0.29, 0.717) is 5.92 Å². The quantitative estimate of drug-likeness (QED) is 0.480. The Labute approximate surface area is 194 Å². The third-order valence-corrected chi connectivity index (χ3v) is 6.61. The zero-order valence-electron chi connectivity index (χ0n) is 19.1. The third kappa shape index (κ3) is 4.39. The van der Waals surface area contributed by atoms with Gasteiger partial charge in [-0.25, -0.2) is 0 Å². The first kappa shape index (κ1) is 21.3. The molecule has 1 unspecified atom stereocenters. The number of likely N-dealkylation sites (tertiary alicyclic amines) is 1. The van der Waals surface area contributed by atoms with Crippen molar-refractivity contribution in [3.8, 4) is 0 Å². The van der Waals surface area contributed by atoms with Crippen molar-refractivity contribution in [2.45, 2.75) is 38.6 Å². The van der Waals surface area contributed by atoms with Crippen LogP contribution in [0.1, 0.15) is 47.3 Å². The molecular weight excluding hydrogens is 410 g/mol. The Morgan fingerprint density at radius 1 is 0.970 bits per heavy atom. The highest BCUT2D eigenvalue weighted by Crippen LogP contribution is 2.33. The van der Waals surface area contributed by atoms with E-state index in [1.165, 1.54) is 0 Å². The summed E-state index contributed by atoms with van der Waals surface area (Å²) in [7, 11) is 0. The van der Waals surface area contributed by atoms with Gasteiger partial charge in [0.15, 0.2) is 5.65 Å². The molecule has 0 spiro atoms. The number of nitrogens with zero attached hydrogens (tertiary/aromatic N) is 4. The van der Waals surface area contributed by atoms with E-state index in [4.69, 9.17) is 0 Å². The molecule has 5 rings (SSSR count). The van der Waals surface area contributed by atoms with Crippen LogP contribution in [0.2, 0.25) is 0 Å². The molecule has 6 nitrogen and oxygen atoms in total. The van der Waals surface area contributed by atoms with Crippen molar-refractivity contribution < 1.29 is 4.79 Å². The van der Waals surface area contributed by atoms with Crippen LogP contribution in [0.25, 0.3) is 5.65 Å². The first-order valence-electron chi connectivity index (χ1n) is 11.6. The van der Waals surface area contributed by atoms with Gasteiger partial charge in [0.1, 0.15) is 11.9 Å². The molecule has 2 aromatic heterocycles. The van der Waals surface area contributed by atoms with Crippen molar-refractivity contribution in [2.75, 3.05) is 18.4 Å². The molecule has 1 atom stereocenters. The lowest BCUT2D eigenvalue weighted by Gasteiger charge is -2.36. The Morgan fingerprint density at radius 2 is 1.73 bits per heavy atom. The van der Waals surface area contributed by atoms with Crippen LogP contribution in [-0.2, 0) is 4.79 Å². The van der Waals surface area contributed by atoms with Gasteiger partial charge in [-0.15, -0.1) is 10.2 Å². The lowest BCUT2D eigenvalue weighted by molar-refractivity contribution is -0.122. The molecule has 0 saturated carbocycles. The molecule has 3 heterocycles. The number of aryl methyl sites for hydroxylation is 2. The highest BCUT2D eigenvalue weighted by Gasteiger charge is 2.33. The van der Waals surface area contributed by atoms with Gasteiger partial charge in [-0.3, -0.25) is 14.1 Å². The van der Waals surface area contributed by atoms with Crippen LogP contribution >= 0.6 is 0 Å². The monoisotopic (exact) mass is 439 g/mol. The molecule has 1 aliphatic heterocycles. The van der Waals surface area contributed by atoms with Crippen LogP contribution in [-0.4, -0.2) is 38.5 Å². The number of carbonyl (C=O) groups is 1. The Bertz CT molecular complexity index is 1260. The molecule has 0 bridgehead atoms. The number of carbonyl (C=O) groups excluding carboxylic acids is 1. The molecule has 0 aliphatic carbocycles. The van der Waals surface area contributed by atoms with Gasteiger partial charge < -0.3 is 5.32 Å². The van der Waals surface area contributed by atoms with Gasteiger partial charge in [0.2, 0.25) is 5.91 Å². The molecule has 6 heteroatoms. The molecule has 168 valence electrons. The number of piperidine rings is 1. The summed E-state index contributed by atoms with van der Waals surface area (Å²) in [5, 5.41) is 12.0. The van der Waals surface area contributed by atoms with Gasteiger partial charge in [0.25, 0.3) is 0 Å². The molecule has 1 fully saturated rings. The topological polar surface area (TPSA) is 62.5 Å². The first-order valence-corrected chi connectivity index (χ1v) is 11.6. The summed E-state index contributed by atoms with van der Waals surface area (Å²) >= 11 is 0. The molecule has 33 heavy (non-hydrogen) atoms. The zero-order chi connectivity index (χ0) is 22.8. The standard InChI is InChI=1S/C27H29N5O/c1-19-11-12-20(2)23(18-19)28-27(33)25(21-8-4-3-5-9-21)31-16-13-22(14-17-31)26-30-29-24-10-6-7-15-32(24)26/h3-12,15,18,22,25H,13-14,16-17H2,1-2H3,(H,28,33). The Morgan fingerprint density at radius 3 is 2.52 bits per heavy atom. The lowest BCUT2D eigenvalue weighted by Crippen LogP contribution is -2.42. The fraction of sp³-hybridized carbons (Fsp3) is 0.296. The smallest absolute Gasteiger partial charge is 0.246 e. The van der Waals surface area contributed by atoms with E-state index in [-0.39, 0.29) is 11.9 Å². The van der Waals surface area contributed by atoms with Gasteiger partial charge in [-0.2, -0.15) is 0 Å². The molecule has 4 aromatic rings. The Hall–Kier alpha value is -3.51. The fourth-order valence-corrected chi connectivity index (χ4v) is 4.79. The lowest BCUT2D eigenvalue weighted by atomic mass is 9.93. The minimum absolute atomic E-state index is 0.0151. The van der Waals surface area contributed by atoms with Crippen molar-refractivity contribution in [1.82, 2.24) is 19.5 Å². The number of amides is 1. The number of aromatic nitrogens is 3. The van der Waals surface area contributed by atoms with Gasteiger partial charge in [-0.05, 0) is 74.7 Å². The van der Waals surface area contributed by atoms with Crippen molar-refractivity contribution >= 4 is 17.2 Å². The maximum atomic E-state index is 13.6. The Kier molecular flexibility index (Phi) is 5.92. The van der Waals surface area contributed by atoms with Gasteiger partial charge in [0, 0.05) is 17.8 Å². The van der Waals surface area contributed by atoms with E-state index in [1.807, 2.05) is 74.6 Å². The van der Waals surface area contributed by atoms with Crippen LogP contribution in [0.3, 0.4) is 0 Å². The fourth-order valence-electron chi connectivity index (χ4n) is 4.79. The molecule has 2 aromatic carbocycles. The van der Waals surface area contributed by atoms with Crippen LogP contribution in [0.4, 0.5) is 5.69 Å². The number of nitrogens with one attached hydrogen (secondary N) is 1. The maximum Gasteiger partial charge on any atom is 0.246 e. The van der Waals surface area contributed by atoms with Crippen molar-refractivity contribution in [3.63, 3.8) is 0 Å². The second-order valence-corrected chi connectivity index (χ2v) is 8.92. The molecule has 1 N–H and O–H groups in total. The summed E-state index contributed by atoms with van der Waals surface area (Å²) in [6, 6.07) is 21.9. The summed E-state index contributed by atoms with van der Waals surface area (Å²) in [5.74, 6) is 1.36. The third-order valence-electron chi connectivity index (χ3n) is 6.61. The minimum atomic E-state index is -0.331. The highest BCUT2D eigenvalue weighted by atomic mass is 16.2. The first-order chi connectivity index (χ1) is 16.1. The minimum Gasteiger partial charge on any atom is -0.324 e. The summed E-state index contributed by atoms with van der Waals surface area (Å²) in [6.07, 6.45) is 3.91. The SMILES string of the molecule is Cc1ccc(C)c(NC(=O)C(c2ccccc2)N2CCC(c3nnc4ccccn34)CC2)c1. The largest absolute Gasteiger partial charge is 0.324 e. The Balaban J connectivity index is 1.37. The van der Waals surface area contributed by atoms with E-state index in [2.05, 4.69) is 36.9 Å². The number of hydrogen-bond donors (Lipinski definition) is 1. The molecule has 1 saturated heterocycles. The van der Waals surface area contributed by atoms with E-state index in [9.17, 15) is 4.79 Å². The predicted molar refractivity (Wildman–Crippen MR) is 130 cm³/mol. The number of benzene rings is 2. The van der Waals surface area contributed by atoms with Crippen LogP contribution in [0.15, 0.2) is 72.9 Å². The van der Waals surface area contributed by atoms with Crippen LogP contribution in [0.5, 0.6) is 0 Å². The van der Waals surface area contributed by atoms with Crippen LogP contribution in [0, 0.1) is 13.8 Å². The van der Waals surface area contributed by atoms with Gasteiger partial charge in [0.05, 0.1) is 0 Å². The summed E-state index contributed by atoms with van der Waals surface area (Å²) in [4.78, 5) is 15.9. The van der Waals surface area contributed by atoms with Crippen LogP contribution < -0.4 is 5.32 Å². The van der Waals surface area contributed by atoms with E-state index in [0.717, 1.165) is 59.8 Å². The number of rotatable bonds is 5.